The highest BCUT2D eigenvalue weighted by molar-refractivity contribution is 5.39. The summed E-state index contributed by atoms with van der Waals surface area (Å²) in [5.74, 6) is 0. The summed E-state index contributed by atoms with van der Waals surface area (Å²) < 4.78 is 0. The molecule has 0 amide bonds. The Morgan fingerprint density at radius 3 is 2.50 bits per heavy atom. The molecule has 0 unspecified atom stereocenters. The van der Waals surface area contributed by atoms with Crippen LogP contribution in [-0.4, -0.2) is 10.5 Å². The van der Waals surface area contributed by atoms with Crippen molar-refractivity contribution in [2.75, 3.05) is 0 Å². The zero-order valence-corrected chi connectivity index (χ0v) is 9.17. The predicted octanol–water partition coefficient (Wildman–Crippen LogP) is 2.16. The third kappa shape index (κ3) is 1.25. The summed E-state index contributed by atoms with van der Waals surface area (Å²) in [6, 6.07) is 2.07. The first-order valence-corrected chi connectivity index (χ1v) is 5.17. The number of nitrogens with zero attached hydrogens (tertiary/aromatic N) is 1. The Labute approximate surface area is 85.5 Å². The van der Waals surface area contributed by atoms with E-state index in [2.05, 4.69) is 31.8 Å². The van der Waals surface area contributed by atoms with Gasteiger partial charge in [0.1, 0.15) is 0 Å². The first-order chi connectivity index (χ1) is 6.47. The summed E-state index contributed by atoms with van der Waals surface area (Å²) in [4.78, 5) is 4.21. The van der Waals surface area contributed by atoms with Crippen LogP contribution in [0.4, 0.5) is 0 Å². The van der Waals surface area contributed by atoms with E-state index in [0.717, 1.165) is 0 Å². The highest BCUT2D eigenvalue weighted by atomic mass is 14.8. The van der Waals surface area contributed by atoms with Gasteiger partial charge in [-0.1, -0.05) is 0 Å². The number of aryl methyl sites for hydroxylation is 1. The molecule has 2 nitrogen and oxygen atoms in total. The number of aromatic nitrogens is 1. The molecule has 2 rings (SSSR count). The first kappa shape index (κ1) is 9.66. The normalized spacial score (nSPS) is 19.4. The molecule has 0 radical (unpaired) electrons. The molecule has 1 aliphatic rings. The number of nitrogens with two attached hydrogens (primary N) is 1. The molecule has 14 heavy (non-hydrogen) atoms. The zero-order chi connectivity index (χ0) is 10.4. The molecule has 0 spiro atoms. The number of hydrogen-bond donors (Lipinski definition) is 1. The second-order valence-electron chi connectivity index (χ2n) is 4.99. The molecule has 2 heteroatoms. The van der Waals surface area contributed by atoms with Gasteiger partial charge in [0, 0.05) is 23.3 Å². The molecule has 0 aromatic carbocycles. The second-order valence-corrected chi connectivity index (χ2v) is 4.99. The molecular weight excluding hydrogens is 172 g/mol. The lowest BCUT2D eigenvalue weighted by Gasteiger charge is -2.32. The standard InChI is InChI=1S/C12H18N2/c1-9-4-7-14-8-10(9)12(5-6-12)11(2,3)13/h4,7-8H,5-6,13H2,1-3H3. The van der Waals surface area contributed by atoms with Gasteiger partial charge in [-0.2, -0.15) is 0 Å². The molecule has 0 aliphatic heterocycles. The van der Waals surface area contributed by atoms with Gasteiger partial charge >= 0.3 is 0 Å². The van der Waals surface area contributed by atoms with Gasteiger partial charge in [0.15, 0.2) is 0 Å². The summed E-state index contributed by atoms with van der Waals surface area (Å²) in [5.41, 5.74) is 8.95. The molecule has 0 atom stereocenters. The van der Waals surface area contributed by atoms with Crippen molar-refractivity contribution >= 4 is 0 Å². The fraction of sp³-hybridized carbons (Fsp3) is 0.583. The van der Waals surface area contributed by atoms with Gasteiger partial charge in [-0.3, -0.25) is 4.98 Å². The van der Waals surface area contributed by atoms with E-state index in [1.165, 1.54) is 24.0 Å². The third-order valence-electron chi connectivity index (χ3n) is 3.54. The van der Waals surface area contributed by atoms with Crippen LogP contribution in [0.1, 0.15) is 37.8 Å². The van der Waals surface area contributed by atoms with Crippen LogP contribution in [0.15, 0.2) is 18.5 Å². The maximum atomic E-state index is 6.25. The maximum Gasteiger partial charge on any atom is 0.0308 e. The average Bonchev–Trinajstić information content (AvgIpc) is 2.84. The summed E-state index contributed by atoms with van der Waals surface area (Å²) in [6.45, 7) is 6.38. The van der Waals surface area contributed by atoms with E-state index in [9.17, 15) is 0 Å². The van der Waals surface area contributed by atoms with E-state index in [-0.39, 0.29) is 11.0 Å². The second kappa shape index (κ2) is 2.80. The predicted molar refractivity (Wildman–Crippen MR) is 58.2 cm³/mol. The topological polar surface area (TPSA) is 38.9 Å². The number of rotatable bonds is 2. The Balaban J connectivity index is 2.46. The van der Waals surface area contributed by atoms with Crippen LogP contribution in [0.25, 0.3) is 0 Å². The highest BCUT2D eigenvalue weighted by Gasteiger charge is 2.54. The molecule has 1 aliphatic carbocycles. The minimum atomic E-state index is -0.138. The summed E-state index contributed by atoms with van der Waals surface area (Å²) in [6.07, 6.45) is 6.22. The molecule has 1 fully saturated rings. The van der Waals surface area contributed by atoms with Gasteiger partial charge in [-0.25, -0.2) is 0 Å². The molecule has 1 aromatic heterocycles. The van der Waals surface area contributed by atoms with Crippen molar-refractivity contribution in [3.05, 3.63) is 29.6 Å². The Hall–Kier alpha value is -0.890. The summed E-state index contributed by atoms with van der Waals surface area (Å²) >= 11 is 0. The van der Waals surface area contributed by atoms with Crippen molar-refractivity contribution < 1.29 is 0 Å². The van der Waals surface area contributed by atoms with Gasteiger partial charge in [0.25, 0.3) is 0 Å². The zero-order valence-electron chi connectivity index (χ0n) is 9.17. The van der Waals surface area contributed by atoms with Crippen LogP contribution in [0, 0.1) is 6.92 Å². The van der Waals surface area contributed by atoms with E-state index >= 15 is 0 Å². The van der Waals surface area contributed by atoms with E-state index in [1.807, 2.05) is 12.4 Å². The maximum absolute atomic E-state index is 6.25. The Bertz CT molecular complexity index is 346. The van der Waals surface area contributed by atoms with Crippen LogP contribution in [0.2, 0.25) is 0 Å². The van der Waals surface area contributed by atoms with E-state index in [4.69, 9.17) is 5.73 Å². The van der Waals surface area contributed by atoms with Gasteiger partial charge in [-0.05, 0) is 50.8 Å². The molecule has 0 saturated heterocycles. The Morgan fingerprint density at radius 1 is 1.43 bits per heavy atom. The molecule has 1 heterocycles. The molecule has 1 aromatic rings. The monoisotopic (exact) mass is 190 g/mol. The van der Waals surface area contributed by atoms with Crippen molar-refractivity contribution in [3.8, 4) is 0 Å². The lowest BCUT2D eigenvalue weighted by molar-refractivity contribution is 0.389. The highest BCUT2D eigenvalue weighted by Crippen LogP contribution is 2.55. The third-order valence-corrected chi connectivity index (χ3v) is 3.54. The van der Waals surface area contributed by atoms with Gasteiger partial charge in [-0.15, -0.1) is 0 Å². The lowest BCUT2D eigenvalue weighted by Crippen LogP contribution is -2.45. The number of hydrogen-bond acceptors (Lipinski definition) is 2. The SMILES string of the molecule is Cc1ccncc1C1(C(C)(C)N)CC1. The lowest BCUT2D eigenvalue weighted by atomic mass is 9.78. The quantitative estimate of drug-likeness (QED) is 0.776. The minimum absolute atomic E-state index is 0.138. The molecule has 1 saturated carbocycles. The van der Waals surface area contributed by atoms with E-state index in [1.54, 1.807) is 0 Å². The fourth-order valence-electron chi connectivity index (χ4n) is 2.35. The average molecular weight is 190 g/mol. The van der Waals surface area contributed by atoms with Gasteiger partial charge in [0.05, 0.1) is 0 Å². The van der Waals surface area contributed by atoms with Crippen LogP contribution in [0.3, 0.4) is 0 Å². The molecule has 2 N–H and O–H groups in total. The van der Waals surface area contributed by atoms with Crippen LogP contribution < -0.4 is 5.73 Å². The van der Waals surface area contributed by atoms with Crippen LogP contribution in [0.5, 0.6) is 0 Å². The molecule has 76 valence electrons. The van der Waals surface area contributed by atoms with Gasteiger partial charge in [0.2, 0.25) is 0 Å². The molecular formula is C12H18N2. The number of pyridine rings is 1. The van der Waals surface area contributed by atoms with Crippen molar-refractivity contribution in [2.24, 2.45) is 5.73 Å². The minimum Gasteiger partial charge on any atom is -0.325 e. The van der Waals surface area contributed by atoms with Crippen molar-refractivity contribution in [1.29, 1.82) is 0 Å². The van der Waals surface area contributed by atoms with E-state index in [0.29, 0.717) is 0 Å². The van der Waals surface area contributed by atoms with Crippen LogP contribution in [-0.2, 0) is 5.41 Å². The smallest absolute Gasteiger partial charge is 0.0308 e. The first-order valence-electron chi connectivity index (χ1n) is 5.17. The van der Waals surface area contributed by atoms with Crippen molar-refractivity contribution in [3.63, 3.8) is 0 Å². The Kier molecular flexibility index (Phi) is 1.93. The van der Waals surface area contributed by atoms with Crippen LogP contribution >= 0.6 is 0 Å². The van der Waals surface area contributed by atoms with Crippen molar-refractivity contribution in [1.82, 2.24) is 4.98 Å². The summed E-state index contributed by atoms with van der Waals surface area (Å²) in [7, 11) is 0. The fourth-order valence-corrected chi connectivity index (χ4v) is 2.35. The largest absolute Gasteiger partial charge is 0.325 e. The van der Waals surface area contributed by atoms with Gasteiger partial charge < -0.3 is 5.73 Å². The Morgan fingerprint density at radius 2 is 2.07 bits per heavy atom. The van der Waals surface area contributed by atoms with Crippen molar-refractivity contribution in [2.45, 2.75) is 44.6 Å². The molecule has 0 bridgehead atoms. The van der Waals surface area contributed by atoms with E-state index < -0.39 is 0 Å². The summed E-state index contributed by atoms with van der Waals surface area (Å²) in [5, 5.41) is 0.